The number of alkyl halides is 1. The van der Waals surface area contributed by atoms with E-state index in [9.17, 15) is 19.7 Å². The number of ether oxygens (including phenoxy) is 3. The zero-order valence-corrected chi connectivity index (χ0v) is 17.9. The van der Waals surface area contributed by atoms with E-state index >= 15 is 0 Å². The minimum absolute atomic E-state index is 0.112. The molecule has 9 nitrogen and oxygen atoms in total. The number of esters is 2. The van der Waals surface area contributed by atoms with Gasteiger partial charge in [-0.3, -0.25) is 19.9 Å². The Balaban J connectivity index is 2.76. The van der Waals surface area contributed by atoms with Gasteiger partial charge in [0, 0.05) is 40.9 Å². The van der Waals surface area contributed by atoms with Gasteiger partial charge in [0.05, 0.1) is 31.3 Å². The van der Waals surface area contributed by atoms with Crippen LogP contribution in [0, 0.1) is 16.0 Å². The van der Waals surface area contributed by atoms with Crippen molar-refractivity contribution in [3.63, 3.8) is 0 Å². The van der Waals surface area contributed by atoms with Crippen LogP contribution in [0.5, 0.6) is 5.75 Å². The Morgan fingerprint density at radius 1 is 1.23 bits per heavy atom. The molecule has 0 N–H and O–H groups in total. The average Bonchev–Trinajstić information content (AvgIpc) is 2.72. The minimum atomic E-state index is -0.981. The van der Waals surface area contributed by atoms with Gasteiger partial charge in [0.15, 0.2) is 0 Å². The highest BCUT2D eigenvalue weighted by Crippen LogP contribution is 2.44. The lowest BCUT2D eigenvalue weighted by Crippen LogP contribution is -2.36. The van der Waals surface area contributed by atoms with E-state index in [0.717, 1.165) is 0 Å². The lowest BCUT2D eigenvalue weighted by Gasteiger charge is -2.31. The van der Waals surface area contributed by atoms with Gasteiger partial charge in [-0.2, -0.15) is 0 Å². The van der Waals surface area contributed by atoms with E-state index in [1.54, 1.807) is 13.8 Å². The van der Waals surface area contributed by atoms with Crippen LogP contribution in [0.15, 0.2) is 34.5 Å². The molecule has 1 aliphatic rings. The lowest BCUT2D eigenvalue weighted by molar-refractivity contribution is -0.385. The summed E-state index contributed by atoms with van der Waals surface area (Å²) in [7, 11) is 2.43. The molecule has 0 aliphatic carbocycles. The number of halogens is 1. The molecule has 0 saturated carbocycles. The van der Waals surface area contributed by atoms with E-state index in [4.69, 9.17) is 25.8 Å². The van der Waals surface area contributed by atoms with Gasteiger partial charge in [0.25, 0.3) is 5.69 Å². The van der Waals surface area contributed by atoms with Crippen molar-refractivity contribution in [2.24, 2.45) is 10.9 Å². The summed E-state index contributed by atoms with van der Waals surface area (Å²) in [4.78, 5) is 40.4. The Hall–Kier alpha value is -2.94. The van der Waals surface area contributed by atoms with Crippen molar-refractivity contribution < 1.29 is 28.7 Å². The molecule has 0 fully saturated rings. The summed E-state index contributed by atoms with van der Waals surface area (Å²) in [6.07, 6.45) is 0.544. The zero-order chi connectivity index (χ0) is 22.4. The Kier molecular flexibility index (Phi) is 7.93. The van der Waals surface area contributed by atoms with Gasteiger partial charge < -0.3 is 14.2 Å². The van der Waals surface area contributed by atoms with Crippen LogP contribution in [-0.2, 0) is 19.1 Å². The van der Waals surface area contributed by atoms with Crippen LogP contribution in [-0.4, -0.2) is 49.3 Å². The van der Waals surface area contributed by atoms with Crippen LogP contribution in [0.3, 0.4) is 0 Å². The zero-order valence-electron chi connectivity index (χ0n) is 17.1. The molecular weight excluding hydrogens is 416 g/mol. The van der Waals surface area contributed by atoms with E-state index in [1.165, 1.54) is 32.4 Å². The molecule has 0 amide bonds. The minimum Gasteiger partial charge on any atom is -0.493 e. The predicted octanol–water partition coefficient (Wildman–Crippen LogP) is 3.40. The van der Waals surface area contributed by atoms with Crippen molar-refractivity contribution in [1.29, 1.82) is 0 Å². The number of carbonyl (C=O) groups is 2. The van der Waals surface area contributed by atoms with Crippen LogP contribution in [0.2, 0.25) is 0 Å². The van der Waals surface area contributed by atoms with Crippen molar-refractivity contribution in [2.75, 3.05) is 26.7 Å². The first-order chi connectivity index (χ1) is 14.3. The SMILES string of the molecule is COC(=O)C1=C(C)N=C(C)C(C(=O)OC)C1c1cc([N+](=O)[O-])ccc1OCCCCl. The molecule has 0 saturated heterocycles. The first-order valence-electron chi connectivity index (χ1n) is 9.16. The van der Waals surface area contributed by atoms with Gasteiger partial charge in [-0.25, -0.2) is 4.79 Å². The number of aliphatic imine (C=N–C) groups is 1. The molecule has 1 aromatic carbocycles. The molecule has 0 radical (unpaired) electrons. The summed E-state index contributed by atoms with van der Waals surface area (Å²) in [5, 5.41) is 11.4. The van der Waals surface area contributed by atoms with Gasteiger partial charge in [0.1, 0.15) is 11.7 Å². The summed E-state index contributed by atoms with van der Waals surface area (Å²) in [5.74, 6) is -2.57. The molecule has 0 bridgehead atoms. The fourth-order valence-corrected chi connectivity index (χ4v) is 3.55. The maximum atomic E-state index is 12.6. The van der Waals surface area contributed by atoms with Crippen molar-refractivity contribution in [3.8, 4) is 5.75 Å². The van der Waals surface area contributed by atoms with Crippen molar-refractivity contribution in [1.82, 2.24) is 0 Å². The first kappa shape index (κ1) is 23.3. The van der Waals surface area contributed by atoms with Gasteiger partial charge >= 0.3 is 11.9 Å². The number of benzene rings is 1. The van der Waals surface area contributed by atoms with E-state index < -0.39 is 28.7 Å². The second-order valence-electron chi connectivity index (χ2n) is 6.59. The molecule has 2 atom stereocenters. The van der Waals surface area contributed by atoms with Gasteiger partial charge in [0.2, 0.25) is 0 Å². The largest absolute Gasteiger partial charge is 0.493 e. The van der Waals surface area contributed by atoms with Gasteiger partial charge in [-0.15, -0.1) is 11.6 Å². The van der Waals surface area contributed by atoms with Crippen LogP contribution in [0.1, 0.15) is 31.7 Å². The third-order valence-corrected chi connectivity index (χ3v) is 5.03. The number of rotatable bonds is 8. The second-order valence-corrected chi connectivity index (χ2v) is 6.97. The number of carbonyl (C=O) groups excluding carboxylic acids is 2. The molecule has 1 aromatic rings. The first-order valence-corrected chi connectivity index (χ1v) is 9.69. The Labute approximate surface area is 178 Å². The number of hydrogen-bond donors (Lipinski definition) is 0. The Morgan fingerprint density at radius 3 is 2.50 bits per heavy atom. The molecule has 10 heteroatoms. The third-order valence-electron chi connectivity index (χ3n) is 4.76. The highest BCUT2D eigenvalue weighted by molar-refractivity contribution is 6.17. The molecule has 0 spiro atoms. The normalized spacial score (nSPS) is 18.5. The van der Waals surface area contributed by atoms with Crippen molar-refractivity contribution >= 4 is 34.9 Å². The number of nitro groups is 1. The molecule has 30 heavy (non-hydrogen) atoms. The van der Waals surface area contributed by atoms with Crippen LogP contribution >= 0.6 is 11.6 Å². The fourth-order valence-electron chi connectivity index (χ4n) is 3.44. The molecule has 1 aliphatic heterocycles. The van der Waals surface area contributed by atoms with E-state index in [-0.39, 0.29) is 17.9 Å². The number of hydrogen-bond acceptors (Lipinski definition) is 8. The van der Waals surface area contributed by atoms with Crippen LogP contribution in [0.25, 0.3) is 0 Å². The Morgan fingerprint density at radius 2 is 1.93 bits per heavy atom. The third kappa shape index (κ3) is 4.79. The molecule has 2 unspecified atom stereocenters. The molecule has 162 valence electrons. The predicted molar refractivity (Wildman–Crippen MR) is 110 cm³/mol. The molecule has 1 heterocycles. The monoisotopic (exact) mass is 438 g/mol. The van der Waals surface area contributed by atoms with E-state index in [0.29, 0.717) is 35.0 Å². The van der Waals surface area contributed by atoms with Crippen LogP contribution in [0.4, 0.5) is 5.69 Å². The summed E-state index contributed by atoms with van der Waals surface area (Å²) in [6.45, 7) is 3.51. The van der Waals surface area contributed by atoms with Gasteiger partial charge in [-0.1, -0.05) is 0 Å². The summed E-state index contributed by atoms with van der Waals surface area (Å²) < 4.78 is 15.6. The summed E-state index contributed by atoms with van der Waals surface area (Å²) in [5.41, 5.74) is 0.961. The maximum Gasteiger partial charge on any atom is 0.336 e. The number of methoxy groups -OCH3 is 2. The highest BCUT2D eigenvalue weighted by atomic mass is 35.5. The van der Waals surface area contributed by atoms with E-state index in [1.807, 2.05) is 0 Å². The quantitative estimate of drug-likeness (QED) is 0.201. The van der Waals surface area contributed by atoms with Crippen molar-refractivity contribution in [2.45, 2.75) is 26.2 Å². The highest BCUT2D eigenvalue weighted by Gasteiger charge is 2.43. The Bertz CT molecular complexity index is 910. The average molecular weight is 439 g/mol. The maximum absolute atomic E-state index is 12.6. The van der Waals surface area contributed by atoms with Crippen molar-refractivity contribution in [3.05, 3.63) is 45.1 Å². The number of nitro benzene ring substituents is 1. The van der Waals surface area contributed by atoms with Gasteiger partial charge in [-0.05, 0) is 26.3 Å². The summed E-state index contributed by atoms with van der Waals surface area (Å²) in [6, 6.07) is 4.04. The number of nitrogens with zero attached hydrogens (tertiary/aromatic N) is 2. The summed E-state index contributed by atoms with van der Waals surface area (Å²) >= 11 is 5.71. The topological polar surface area (TPSA) is 117 Å². The molecule has 0 aromatic heterocycles. The smallest absolute Gasteiger partial charge is 0.336 e. The standard InChI is InChI=1S/C20H23ClN2O7/c1-11-16(19(24)28-3)18(17(12(2)22-11)20(25)29-4)14-10-13(23(26)27)6-7-15(14)30-9-5-8-21/h6-7,10,16,18H,5,8-9H2,1-4H3. The second kappa shape index (κ2) is 10.2. The molecule has 2 rings (SSSR count). The number of non-ortho nitro benzene ring substituents is 1. The van der Waals surface area contributed by atoms with E-state index in [2.05, 4.69) is 4.99 Å². The van der Waals surface area contributed by atoms with Crippen LogP contribution < -0.4 is 4.74 Å². The fraction of sp³-hybridized carbons (Fsp3) is 0.450. The lowest BCUT2D eigenvalue weighted by atomic mass is 9.75. The number of allylic oxidation sites excluding steroid dienone is 1. The molecular formula is C20H23ClN2O7.